The number of Topliss-reactive ketones (excluding diaryl/α,β-unsaturated/α-hetero) is 1. The summed E-state index contributed by atoms with van der Waals surface area (Å²) in [6.45, 7) is 5.02. The van der Waals surface area contributed by atoms with E-state index in [4.69, 9.17) is 0 Å². The van der Waals surface area contributed by atoms with Crippen LogP contribution in [0.5, 0.6) is 0 Å². The van der Waals surface area contributed by atoms with Gasteiger partial charge >= 0.3 is 0 Å². The van der Waals surface area contributed by atoms with Crippen LogP contribution in [-0.2, 0) is 24.6 Å². The number of nitrogens with zero attached hydrogens (tertiary/aromatic N) is 2. The maximum atomic E-state index is 13.5. The number of piperidine rings is 1. The van der Waals surface area contributed by atoms with Crippen LogP contribution in [0.3, 0.4) is 0 Å². The van der Waals surface area contributed by atoms with Gasteiger partial charge in [0.2, 0.25) is 17.7 Å². The number of ketones is 1. The maximum absolute atomic E-state index is 13.5. The first kappa shape index (κ1) is 24.8. The van der Waals surface area contributed by atoms with Crippen LogP contribution in [0.15, 0.2) is 54.6 Å². The average molecular weight is 475 g/mol. The third-order valence-electron chi connectivity index (χ3n) is 7.38. The number of rotatable bonds is 7. The van der Waals surface area contributed by atoms with E-state index in [1.54, 1.807) is 4.90 Å². The highest BCUT2D eigenvalue weighted by Crippen LogP contribution is 2.41. The lowest BCUT2D eigenvalue weighted by atomic mass is 9.75. The molecule has 2 aromatic carbocycles. The second kappa shape index (κ2) is 10.1. The van der Waals surface area contributed by atoms with Gasteiger partial charge in [-0.15, -0.1) is 0 Å². The topological polar surface area (TPSA) is 74.8 Å². The zero-order valence-electron chi connectivity index (χ0n) is 20.8. The fourth-order valence-corrected chi connectivity index (χ4v) is 5.37. The number of carbonyl (C=O) groups is 4. The van der Waals surface area contributed by atoms with Crippen molar-refractivity contribution in [2.45, 2.75) is 51.4 Å². The van der Waals surface area contributed by atoms with Gasteiger partial charge in [0, 0.05) is 45.3 Å². The van der Waals surface area contributed by atoms with E-state index in [9.17, 15) is 19.2 Å². The van der Waals surface area contributed by atoms with E-state index < -0.39 is 5.41 Å². The van der Waals surface area contributed by atoms with E-state index in [0.29, 0.717) is 25.1 Å². The summed E-state index contributed by atoms with van der Waals surface area (Å²) in [5.41, 5.74) is 1.52. The molecule has 2 atom stereocenters. The van der Waals surface area contributed by atoms with Gasteiger partial charge in [0.25, 0.3) is 0 Å². The Morgan fingerprint density at radius 2 is 1.66 bits per heavy atom. The van der Waals surface area contributed by atoms with Gasteiger partial charge in [0.15, 0.2) is 0 Å². The summed E-state index contributed by atoms with van der Waals surface area (Å²) in [5.74, 6) is -0.453. The zero-order chi connectivity index (χ0) is 25.2. The Bertz CT molecular complexity index is 1110. The maximum Gasteiger partial charge on any atom is 0.240 e. The average Bonchev–Trinajstić information content (AvgIpc) is 3.08. The Kier molecular flexibility index (Phi) is 7.20. The normalized spacial score (nSPS) is 22.7. The van der Waals surface area contributed by atoms with E-state index in [1.807, 2.05) is 68.4 Å². The van der Waals surface area contributed by atoms with Gasteiger partial charge < -0.3 is 4.90 Å². The van der Waals surface area contributed by atoms with Crippen molar-refractivity contribution in [2.75, 3.05) is 20.1 Å². The highest BCUT2D eigenvalue weighted by atomic mass is 16.2. The molecule has 0 radical (unpaired) electrons. The Labute approximate surface area is 207 Å². The Morgan fingerprint density at radius 1 is 1.00 bits per heavy atom. The van der Waals surface area contributed by atoms with E-state index in [0.717, 1.165) is 28.9 Å². The van der Waals surface area contributed by atoms with Crippen LogP contribution in [0.2, 0.25) is 0 Å². The lowest BCUT2D eigenvalue weighted by Crippen LogP contribution is -2.46. The van der Waals surface area contributed by atoms with Crippen LogP contribution in [0.4, 0.5) is 0 Å². The number of amides is 3. The molecule has 35 heavy (non-hydrogen) atoms. The van der Waals surface area contributed by atoms with Crippen molar-refractivity contribution in [3.05, 3.63) is 60.2 Å². The van der Waals surface area contributed by atoms with Gasteiger partial charge in [0.1, 0.15) is 5.78 Å². The Hall–Kier alpha value is -3.28. The number of likely N-dealkylation sites (tertiary alicyclic amines) is 2. The van der Waals surface area contributed by atoms with Crippen LogP contribution in [0.1, 0.15) is 51.5 Å². The third-order valence-corrected chi connectivity index (χ3v) is 7.38. The van der Waals surface area contributed by atoms with Crippen molar-refractivity contribution in [2.24, 2.45) is 11.8 Å². The first-order valence-electron chi connectivity index (χ1n) is 12.5. The second-order valence-corrected chi connectivity index (χ2v) is 10.4. The SMILES string of the molecule is CC(C)CC(=O)[C@H]1CCCN(C(=O)C[C@]2(c3ccc(-c4ccccc4)cc3)CC(=O)N(C)C2=O)C1. The van der Waals surface area contributed by atoms with Crippen LogP contribution >= 0.6 is 0 Å². The van der Waals surface area contributed by atoms with Crippen molar-refractivity contribution >= 4 is 23.5 Å². The lowest BCUT2D eigenvalue weighted by molar-refractivity contribution is -0.143. The van der Waals surface area contributed by atoms with Gasteiger partial charge in [-0.1, -0.05) is 68.4 Å². The molecule has 0 N–H and O–H groups in total. The summed E-state index contributed by atoms with van der Waals surface area (Å²) in [7, 11) is 1.48. The number of imide groups is 1. The third kappa shape index (κ3) is 5.07. The quantitative estimate of drug-likeness (QED) is 0.563. The fraction of sp³-hybridized carbons (Fsp3) is 0.448. The number of carbonyl (C=O) groups excluding carboxylic acids is 4. The minimum Gasteiger partial charge on any atom is -0.342 e. The van der Waals surface area contributed by atoms with E-state index in [1.165, 1.54) is 7.05 Å². The van der Waals surface area contributed by atoms with Gasteiger partial charge in [-0.2, -0.15) is 0 Å². The second-order valence-electron chi connectivity index (χ2n) is 10.4. The molecule has 4 rings (SSSR count). The highest BCUT2D eigenvalue weighted by Gasteiger charge is 2.53. The number of hydrogen-bond donors (Lipinski definition) is 0. The molecule has 2 saturated heterocycles. The Balaban J connectivity index is 1.58. The molecule has 2 fully saturated rings. The molecule has 6 nitrogen and oxygen atoms in total. The fourth-order valence-electron chi connectivity index (χ4n) is 5.37. The molecule has 0 saturated carbocycles. The first-order chi connectivity index (χ1) is 16.7. The van der Waals surface area contributed by atoms with Gasteiger partial charge in [-0.3, -0.25) is 24.1 Å². The molecular formula is C29H34N2O4. The Morgan fingerprint density at radius 3 is 2.26 bits per heavy atom. The monoisotopic (exact) mass is 474 g/mol. The van der Waals surface area contributed by atoms with Gasteiger partial charge in [0.05, 0.1) is 5.41 Å². The number of likely N-dealkylation sites (N-methyl/N-ethyl adjacent to an activating group) is 1. The van der Waals surface area contributed by atoms with Gasteiger partial charge in [-0.05, 0) is 35.4 Å². The van der Waals surface area contributed by atoms with Crippen LogP contribution in [0.25, 0.3) is 11.1 Å². The number of hydrogen-bond acceptors (Lipinski definition) is 4. The molecule has 6 heteroatoms. The van der Waals surface area contributed by atoms with E-state index >= 15 is 0 Å². The van der Waals surface area contributed by atoms with Crippen LogP contribution in [-0.4, -0.2) is 53.4 Å². The molecule has 2 aliphatic heterocycles. The van der Waals surface area contributed by atoms with Crippen molar-refractivity contribution < 1.29 is 19.2 Å². The predicted molar refractivity (Wildman–Crippen MR) is 134 cm³/mol. The molecule has 0 aliphatic carbocycles. The van der Waals surface area contributed by atoms with Crippen molar-refractivity contribution in [3.8, 4) is 11.1 Å². The highest BCUT2D eigenvalue weighted by molar-refractivity contribution is 6.10. The number of benzene rings is 2. The molecule has 0 aromatic heterocycles. The predicted octanol–water partition coefficient (Wildman–Crippen LogP) is 4.22. The first-order valence-corrected chi connectivity index (χ1v) is 12.5. The summed E-state index contributed by atoms with van der Waals surface area (Å²) in [6.07, 6.45) is 1.98. The van der Waals surface area contributed by atoms with Crippen molar-refractivity contribution in [3.63, 3.8) is 0 Å². The standard InChI is InChI=1S/C29H34N2O4/c1-20(2)16-25(32)23-10-7-15-31(19-23)27(34)18-29(17-26(33)30(3)28(29)35)24-13-11-22(12-14-24)21-8-5-4-6-9-21/h4-6,8-9,11-14,20,23H,7,10,15-19H2,1-3H3/t23-,29-/m0/s1. The summed E-state index contributed by atoms with van der Waals surface area (Å²) in [6, 6.07) is 17.5. The minimum atomic E-state index is -1.22. The van der Waals surface area contributed by atoms with Crippen LogP contribution < -0.4 is 0 Å². The minimum absolute atomic E-state index is 0.0255. The summed E-state index contributed by atoms with van der Waals surface area (Å²) < 4.78 is 0. The summed E-state index contributed by atoms with van der Waals surface area (Å²) >= 11 is 0. The summed E-state index contributed by atoms with van der Waals surface area (Å²) in [4.78, 5) is 55.0. The molecule has 2 aliphatic rings. The molecule has 0 bridgehead atoms. The zero-order valence-corrected chi connectivity index (χ0v) is 20.8. The molecule has 184 valence electrons. The smallest absolute Gasteiger partial charge is 0.240 e. The molecule has 2 aromatic rings. The van der Waals surface area contributed by atoms with Crippen molar-refractivity contribution in [1.29, 1.82) is 0 Å². The molecule has 2 heterocycles. The van der Waals surface area contributed by atoms with Crippen molar-refractivity contribution in [1.82, 2.24) is 9.80 Å². The van der Waals surface area contributed by atoms with E-state index in [-0.39, 0.29) is 48.2 Å². The molecular weight excluding hydrogens is 440 g/mol. The van der Waals surface area contributed by atoms with Crippen LogP contribution in [0, 0.1) is 11.8 Å². The summed E-state index contributed by atoms with van der Waals surface area (Å²) in [5, 5.41) is 0. The lowest BCUT2D eigenvalue weighted by Gasteiger charge is -2.35. The molecule has 3 amide bonds. The van der Waals surface area contributed by atoms with E-state index in [2.05, 4.69) is 0 Å². The largest absolute Gasteiger partial charge is 0.342 e. The molecule has 0 unspecified atom stereocenters. The molecule has 0 spiro atoms. The van der Waals surface area contributed by atoms with Gasteiger partial charge in [-0.25, -0.2) is 0 Å².